The zero-order valence-corrected chi connectivity index (χ0v) is 9.62. The first-order valence-corrected chi connectivity index (χ1v) is 5.63. The summed E-state index contributed by atoms with van der Waals surface area (Å²) in [4.78, 5) is 21.8. The van der Waals surface area contributed by atoms with Gasteiger partial charge >= 0.3 is 6.09 Å². The predicted molar refractivity (Wildman–Crippen MR) is 58.8 cm³/mol. The van der Waals surface area contributed by atoms with Gasteiger partial charge in [0.05, 0.1) is 12.6 Å². The van der Waals surface area contributed by atoms with E-state index in [1.807, 2.05) is 13.8 Å². The molecule has 0 heterocycles. The highest BCUT2D eigenvalue weighted by Crippen LogP contribution is 1.99. The number of carbonyl (C=O) groups excluding carboxylic acids is 2. The second-order valence-electron chi connectivity index (χ2n) is 3.52. The van der Waals surface area contributed by atoms with E-state index in [1.54, 1.807) is 0 Å². The van der Waals surface area contributed by atoms with Crippen LogP contribution in [0.4, 0.5) is 4.79 Å². The van der Waals surface area contributed by atoms with Crippen molar-refractivity contribution in [3.05, 3.63) is 0 Å². The molecule has 0 radical (unpaired) electrons. The zero-order valence-electron chi connectivity index (χ0n) is 9.62. The summed E-state index contributed by atoms with van der Waals surface area (Å²) in [6.45, 7) is 4.49. The average molecular weight is 215 g/mol. The number of alkyl carbamates (subject to hydrolysis) is 1. The van der Waals surface area contributed by atoms with E-state index in [-0.39, 0.29) is 0 Å². The number of carbonyl (C=O) groups is 2. The molecule has 1 unspecified atom stereocenters. The summed E-state index contributed by atoms with van der Waals surface area (Å²) in [5.41, 5.74) is 0. The van der Waals surface area contributed by atoms with Gasteiger partial charge in [-0.15, -0.1) is 0 Å². The van der Waals surface area contributed by atoms with Crippen molar-refractivity contribution in [2.45, 2.75) is 52.0 Å². The summed E-state index contributed by atoms with van der Waals surface area (Å²) < 4.78 is 4.89. The van der Waals surface area contributed by atoms with Gasteiger partial charge in [0.25, 0.3) is 0 Å². The third-order valence-electron chi connectivity index (χ3n) is 2.07. The number of ether oxygens (including phenoxy) is 1. The highest BCUT2D eigenvalue weighted by molar-refractivity contribution is 5.72. The van der Waals surface area contributed by atoms with E-state index in [9.17, 15) is 9.59 Å². The van der Waals surface area contributed by atoms with Crippen molar-refractivity contribution < 1.29 is 14.3 Å². The molecule has 0 bridgehead atoms. The molecule has 0 rings (SSSR count). The Kier molecular flexibility index (Phi) is 8.82. The average Bonchev–Trinajstić information content (AvgIpc) is 2.24. The number of nitrogens with one attached hydrogen (secondary N) is 1. The van der Waals surface area contributed by atoms with Gasteiger partial charge in [0.2, 0.25) is 0 Å². The van der Waals surface area contributed by atoms with E-state index in [1.165, 1.54) is 0 Å². The fourth-order valence-electron chi connectivity index (χ4n) is 1.10. The van der Waals surface area contributed by atoms with Crippen LogP contribution in [0.25, 0.3) is 0 Å². The third kappa shape index (κ3) is 7.97. The van der Waals surface area contributed by atoms with Crippen molar-refractivity contribution >= 4 is 12.4 Å². The molecule has 4 nitrogen and oxygen atoms in total. The Balaban J connectivity index is 3.65. The summed E-state index contributed by atoms with van der Waals surface area (Å²) in [6, 6.07) is -0.404. The molecule has 0 aliphatic carbocycles. The monoisotopic (exact) mass is 215 g/mol. The molecule has 15 heavy (non-hydrogen) atoms. The van der Waals surface area contributed by atoms with Crippen LogP contribution in [-0.2, 0) is 9.53 Å². The lowest BCUT2D eigenvalue weighted by molar-refractivity contribution is -0.109. The van der Waals surface area contributed by atoms with Crippen molar-refractivity contribution in [3.8, 4) is 0 Å². The van der Waals surface area contributed by atoms with Crippen LogP contribution in [-0.4, -0.2) is 25.0 Å². The predicted octanol–water partition coefficient (Wildman–Crippen LogP) is 2.27. The van der Waals surface area contributed by atoms with Gasteiger partial charge in [-0.3, -0.25) is 0 Å². The lowest BCUT2D eigenvalue weighted by Crippen LogP contribution is -2.36. The minimum absolute atomic E-state index is 0.404. The van der Waals surface area contributed by atoms with E-state index in [0.717, 1.165) is 32.0 Å². The Hall–Kier alpha value is -1.06. The number of hydrogen-bond donors (Lipinski definition) is 1. The molecular weight excluding hydrogens is 194 g/mol. The standard InChI is InChI=1S/C11H21NO3/c1-3-5-7-10(9-13)12-11(14)15-8-6-4-2/h9-10H,3-8H2,1-2H3,(H,12,14). The van der Waals surface area contributed by atoms with E-state index in [4.69, 9.17) is 4.74 Å². The van der Waals surface area contributed by atoms with Gasteiger partial charge in [-0.1, -0.05) is 33.1 Å². The van der Waals surface area contributed by atoms with Gasteiger partial charge in [0, 0.05) is 0 Å². The third-order valence-corrected chi connectivity index (χ3v) is 2.07. The Bertz CT molecular complexity index is 183. The number of rotatable bonds is 8. The fourth-order valence-corrected chi connectivity index (χ4v) is 1.10. The fraction of sp³-hybridized carbons (Fsp3) is 0.818. The van der Waals surface area contributed by atoms with Gasteiger partial charge in [-0.25, -0.2) is 4.79 Å². The van der Waals surface area contributed by atoms with Crippen molar-refractivity contribution in [1.29, 1.82) is 0 Å². The molecule has 0 aliphatic rings. The number of unbranched alkanes of at least 4 members (excludes halogenated alkanes) is 2. The van der Waals surface area contributed by atoms with Crippen molar-refractivity contribution in [2.24, 2.45) is 0 Å². The van der Waals surface area contributed by atoms with E-state index in [0.29, 0.717) is 13.0 Å². The molecule has 1 amide bonds. The Morgan fingerprint density at radius 1 is 1.33 bits per heavy atom. The quantitative estimate of drug-likeness (QED) is 0.499. The topological polar surface area (TPSA) is 55.4 Å². The second-order valence-corrected chi connectivity index (χ2v) is 3.52. The SMILES string of the molecule is CCCCOC(=O)NC(C=O)CCCC. The molecular formula is C11H21NO3. The van der Waals surface area contributed by atoms with Crippen LogP contribution in [0.3, 0.4) is 0 Å². The second kappa shape index (κ2) is 9.49. The largest absolute Gasteiger partial charge is 0.450 e. The highest BCUT2D eigenvalue weighted by Gasteiger charge is 2.10. The maximum atomic E-state index is 11.2. The molecule has 0 aromatic carbocycles. The Morgan fingerprint density at radius 2 is 2.00 bits per heavy atom. The highest BCUT2D eigenvalue weighted by atomic mass is 16.5. The van der Waals surface area contributed by atoms with Gasteiger partial charge in [0.1, 0.15) is 6.29 Å². The van der Waals surface area contributed by atoms with Gasteiger partial charge in [-0.05, 0) is 12.8 Å². The molecule has 0 aromatic rings. The van der Waals surface area contributed by atoms with Crippen LogP contribution in [0, 0.1) is 0 Å². The smallest absolute Gasteiger partial charge is 0.407 e. The molecule has 4 heteroatoms. The normalized spacial score (nSPS) is 11.9. The molecule has 88 valence electrons. The molecule has 1 atom stereocenters. The van der Waals surface area contributed by atoms with Crippen molar-refractivity contribution in [2.75, 3.05) is 6.61 Å². The molecule has 0 aromatic heterocycles. The summed E-state index contributed by atoms with van der Waals surface area (Å²) in [7, 11) is 0. The summed E-state index contributed by atoms with van der Waals surface area (Å²) in [5, 5.41) is 2.53. The Labute approximate surface area is 91.4 Å². The first-order valence-electron chi connectivity index (χ1n) is 5.63. The first kappa shape index (κ1) is 13.9. The lowest BCUT2D eigenvalue weighted by atomic mass is 10.1. The number of amides is 1. The minimum Gasteiger partial charge on any atom is -0.450 e. The van der Waals surface area contributed by atoms with Gasteiger partial charge in [-0.2, -0.15) is 0 Å². The van der Waals surface area contributed by atoms with Crippen molar-refractivity contribution in [3.63, 3.8) is 0 Å². The summed E-state index contributed by atoms with van der Waals surface area (Å²) in [5.74, 6) is 0. The molecule has 0 fully saturated rings. The van der Waals surface area contributed by atoms with Gasteiger partial charge < -0.3 is 14.8 Å². The van der Waals surface area contributed by atoms with E-state index in [2.05, 4.69) is 5.32 Å². The van der Waals surface area contributed by atoms with Crippen LogP contribution in [0.5, 0.6) is 0 Å². The van der Waals surface area contributed by atoms with Gasteiger partial charge in [0.15, 0.2) is 0 Å². The maximum absolute atomic E-state index is 11.2. The molecule has 0 spiro atoms. The summed E-state index contributed by atoms with van der Waals surface area (Å²) in [6.07, 6.45) is 4.74. The number of hydrogen-bond acceptors (Lipinski definition) is 3. The zero-order chi connectivity index (χ0) is 11.5. The molecule has 1 N–H and O–H groups in total. The Morgan fingerprint density at radius 3 is 2.53 bits per heavy atom. The first-order chi connectivity index (χ1) is 7.24. The summed E-state index contributed by atoms with van der Waals surface area (Å²) >= 11 is 0. The van der Waals surface area contributed by atoms with E-state index >= 15 is 0 Å². The van der Waals surface area contributed by atoms with Crippen LogP contribution in [0.15, 0.2) is 0 Å². The molecule has 0 saturated heterocycles. The van der Waals surface area contributed by atoms with Crippen molar-refractivity contribution in [1.82, 2.24) is 5.32 Å². The molecule has 0 saturated carbocycles. The molecule has 0 aliphatic heterocycles. The maximum Gasteiger partial charge on any atom is 0.407 e. The minimum atomic E-state index is -0.489. The number of aldehydes is 1. The van der Waals surface area contributed by atoms with Crippen LogP contribution in [0.1, 0.15) is 46.0 Å². The van der Waals surface area contributed by atoms with Crippen LogP contribution in [0.2, 0.25) is 0 Å². The van der Waals surface area contributed by atoms with Crippen LogP contribution < -0.4 is 5.32 Å². The lowest BCUT2D eigenvalue weighted by Gasteiger charge is -2.12. The van der Waals surface area contributed by atoms with E-state index < -0.39 is 12.1 Å². The van der Waals surface area contributed by atoms with Crippen LogP contribution >= 0.6 is 0 Å².